The summed E-state index contributed by atoms with van der Waals surface area (Å²) in [6.45, 7) is 0. The van der Waals surface area contributed by atoms with Crippen molar-refractivity contribution in [3.05, 3.63) is 63.7 Å². The lowest BCUT2D eigenvalue weighted by Gasteiger charge is -2.09. The van der Waals surface area contributed by atoms with E-state index in [1.807, 2.05) is 0 Å². The molecule has 3 N–H and O–H groups in total. The first kappa shape index (κ1) is 17.9. The monoisotopic (exact) mass is 345 g/mol. The third-order valence-corrected chi connectivity index (χ3v) is 3.27. The van der Waals surface area contributed by atoms with Crippen molar-refractivity contribution < 1.29 is 24.7 Å². The van der Waals surface area contributed by atoms with Crippen LogP contribution in [-0.4, -0.2) is 34.4 Å². The van der Waals surface area contributed by atoms with Crippen LogP contribution < -0.4 is 10.2 Å². The van der Waals surface area contributed by atoms with Crippen molar-refractivity contribution in [3.8, 4) is 11.5 Å². The number of carbonyl (C=O) groups excluding carboxylic acids is 1. The van der Waals surface area contributed by atoms with Crippen molar-refractivity contribution in [1.29, 1.82) is 0 Å². The van der Waals surface area contributed by atoms with Crippen LogP contribution in [0.4, 0.5) is 5.69 Å². The van der Waals surface area contributed by atoms with Crippen molar-refractivity contribution in [2.75, 3.05) is 7.11 Å². The molecule has 0 spiro atoms. The second-order valence-corrected chi connectivity index (χ2v) is 4.86. The molecule has 9 heteroatoms. The summed E-state index contributed by atoms with van der Waals surface area (Å²) >= 11 is 0. The first-order valence-corrected chi connectivity index (χ1v) is 7.06. The molecule has 0 unspecified atom stereocenters. The molecule has 2 rings (SSSR count). The lowest BCUT2D eigenvalue weighted by atomic mass is 10.1. The number of phenolic OH excluding ortho intramolecular Hbond substituents is 1. The molecule has 1 amide bonds. The fourth-order valence-electron chi connectivity index (χ4n) is 2.08. The Bertz CT molecular complexity index is 807. The third-order valence-electron chi connectivity index (χ3n) is 3.27. The van der Waals surface area contributed by atoms with E-state index in [0.29, 0.717) is 5.56 Å². The van der Waals surface area contributed by atoms with Crippen LogP contribution >= 0.6 is 0 Å². The van der Waals surface area contributed by atoms with Gasteiger partial charge in [-0.2, -0.15) is 5.10 Å². The molecular weight excluding hydrogens is 330 g/mol. The van der Waals surface area contributed by atoms with E-state index in [2.05, 4.69) is 10.5 Å². The molecule has 2 aromatic rings. The zero-order chi connectivity index (χ0) is 18.4. The zero-order valence-corrected chi connectivity index (χ0v) is 13.1. The molecule has 0 aliphatic heterocycles. The van der Waals surface area contributed by atoms with E-state index < -0.39 is 28.4 Å². The Balaban J connectivity index is 2.17. The minimum atomic E-state index is -1.43. The average Bonchev–Trinajstić information content (AvgIpc) is 2.62. The SMILES string of the molecule is COc1c(O)ccc(/C=N\NC(=O)[C@@H](O)c2ccccc2)c1[N+](=O)[O-]. The van der Waals surface area contributed by atoms with Gasteiger partial charge in [-0.05, 0) is 17.7 Å². The highest BCUT2D eigenvalue weighted by Crippen LogP contribution is 2.37. The Morgan fingerprint density at radius 3 is 2.60 bits per heavy atom. The number of nitro groups is 1. The van der Waals surface area contributed by atoms with Crippen molar-refractivity contribution >= 4 is 17.8 Å². The number of nitrogens with zero attached hydrogens (tertiary/aromatic N) is 2. The van der Waals surface area contributed by atoms with E-state index >= 15 is 0 Å². The molecule has 0 saturated carbocycles. The largest absolute Gasteiger partial charge is 0.504 e. The predicted molar refractivity (Wildman–Crippen MR) is 88.5 cm³/mol. The van der Waals surface area contributed by atoms with Crippen molar-refractivity contribution in [2.45, 2.75) is 6.10 Å². The molecule has 0 aliphatic rings. The Hall–Kier alpha value is -3.46. The van der Waals surface area contributed by atoms with Gasteiger partial charge in [0.1, 0.15) is 0 Å². The van der Waals surface area contributed by atoms with Crippen LogP contribution in [0.2, 0.25) is 0 Å². The number of aliphatic hydroxyl groups is 1. The smallest absolute Gasteiger partial charge is 0.323 e. The zero-order valence-electron chi connectivity index (χ0n) is 13.1. The molecule has 0 bridgehead atoms. The third kappa shape index (κ3) is 4.09. The maximum Gasteiger partial charge on any atom is 0.323 e. The summed E-state index contributed by atoms with van der Waals surface area (Å²) in [4.78, 5) is 22.3. The fraction of sp³-hybridized carbons (Fsp3) is 0.125. The number of phenols is 1. The number of ether oxygens (including phenoxy) is 1. The minimum Gasteiger partial charge on any atom is -0.504 e. The van der Waals surface area contributed by atoms with Gasteiger partial charge in [-0.15, -0.1) is 0 Å². The highest BCUT2D eigenvalue weighted by molar-refractivity contribution is 5.89. The second-order valence-electron chi connectivity index (χ2n) is 4.86. The molecule has 130 valence electrons. The Morgan fingerprint density at radius 2 is 2.00 bits per heavy atom. The van der Waals surface area contributed by atoms with E-state index in [-0.39, 0.29) is 11.3 Å². The van der Waals surface area contributed by atoms with Crippen LogP contribution in [-0.2, 0) is 4.79 Å². The van der Waals surface area contributed by atoms with Crippen LogP contribution in [0.25, 0.3) is 0 Å². The van der Waals surface area contributed by atoms with E-state index in [1.54, 1.807) is 30.3 Å². The van der Waals surface area contributed by atoms with Crippen molar-refractivity contribution in [2.24, 2.45) is 5.10 Å². The molecule has 0 fully saturated rings. The normalized spacial score (nSPS) is 11.9. The van der Waals surface area contributed by atoms with Gasteiger partial charge < -0.3 is 14.9 Å². The van der Waals surface area contributed by atoms with Gasteiger partial charge in [-0.3, -0.25) is 14.9 Å². The lowest BCUT2D eigenvalue weighted by molar-refractivity contribution is -0.386. The molecule has 0 aliphatic carbocycles. The molecule has 1 atom stereocenters. The number of aliphatic hydroxyl groups excluding tert-OH is 1. The summed E-state index contributed by atoms with van der Waals surface area (Å²) in [7, 11) is 1.18. The van der Waals surface area contributed by atoms with E-state index in [9.17, 15) is 25.1 Å². The average molecular weight is 345 g/mol. The van der Waals surface area contributed by atoms with Crippen LogP contribution in [0.3, 0.4) is 0 Å². The predicted octanol–water partition coefficient (Wildman–Crippen LogP) is 1.49. The van der Waals surface area contributed by atoms with Gasteiger partial charge in [0.25, 0.3) is 5.91 Å². The molecule has 0 saturated heterocycles. The van der Waals surface area contributed by atoms with Gasteiger partial charge in [-0.25, -0.2) is 5.43 Å². The fourth-order valence-corrected chi connectivity index (χ4v) is 2.08. The van der Waals surface area contributed by atoms with Gasteiger partial charge in [0.05, 0.1) is 23.8 Å². The topological polar surface area (TPSA) is 134 Å². The van der Waals surface area contributed by atoms with Crippen LogP contribution in [0.1, 0.15) is 17.2 Å². The Morgan fingerprint density at radius 1 is 1.32 bits per heavy atom. The lowest BCUT2D eigenvalue weighted by Crippen LogP contribution is -2.25. The Labute approximate surface area is 142 Å². The minimum absolute atomic E-state index is 0.00847. The van der Waals surface area contributed by atoms with Crippen molar-refractivity contribution in [1.82, 2.24) is 5.43 Å². The summed E-state index contributed by atoms with van der Waals surface area (Å²) < 4.78 is 4.82. The summed E-state index contributed by atoms with van der Waals surface area (Å²) in [6, 6.07) is 10.7. The van der Waals surface area contributed by atoms with E-state index in [1.165, 1.54) is 19.2 Å². The van der Waals surface area contributed by atoms with Gasteiger partial charge in [0.15, 0.2) is 11.9 Å². The number of hydrogen-bond donors (Lipinski definition) is 3. The van der Waals surface area contributed by atoms with E-state index in [0.717, 1.165) is 6.21 Å². The molecule has 0 radical (unpaired) electrons. The number of aromatic hydroxyl groups is 1. The number of amides is 1. The first-order valence-electron chi connectivity index (χ1n) is 7.06. The number of nitrogens with one attached hydrogen (secondary N) is 1. The molecule has 25 heavy (non-hydrogen) atoms. The maximum atomic E-state index is 11.9. The van der Waals surface area contributed by atoms with Crippen LogP contribution in [0.5, 0.6) is 11.5 Å². The second kappa shape index (κ2) is 7.88. The molecule has 0 heterocycles. The summed E-state index contributed by atoms with van der Waals surface area (Å²) in [5, 5.41) is 34.3. The van der Waals surface area contributed by atoms with Crippen molar-refractivity contribution in [3.63, 3.8) is 0 Å². The number of benzene rings is 2. The summed E-state index contributed by atoms with van der Waals surface area (Å²) in [5.41, 5.74) is 2.00. The summed E-state index contributed by atoms with van der Waals surface area (Å²) in [6.07, 6.45) is -0.405. The number of nitro benzene ring substituents is 1. The highest BCUT2D eigenvalue weighted by Gasteiger charge is 2.23. The number of rotatable bonds is 6. The Kier molecular flexibility index (Phi) is 5.64. The molecular formula is C16H15N3O6. The standard InChI is InChI=1S/C16H15N3O6/c1-25-15-12(20)8-7-11(13(15)19(23)24)9-17-18-16(22)14(21)10-5-3-2-4-6-10/h2-9,14,20-21H,1H3,(H,18,22)/b17-9-/t14-/m0/s1. The number of hydrogen-bond acceptors (Lipinski definition) is 7. The summed E-state index contributed by atoms with van der Waals surface area (Å²) in [5.74, 6) is -1.50. The van der Waals surface area contributed by atoms with Crippen LogP contribution in [0, 0.1) is 10.1 Å². The van der Waals surface area contributed by atoms with Gasteiger partial charge >= 0.3 is 5.69 Å². The molecule has 2 aromatic carbocycles. The van der Waals surface area contributed by atoms with Crippen LogP contribution in [0.15, 0.2) is 47.6 Å². The van der Waals surface area contributed by atoms with Gasteiger partial charge in [-0.1, -0.05) is 30.3 Å². The molecule has 0 aromatic heterocycles. The molecule has 9 nitrogen and oxygen atoms in total. The number of carbonyl (C=O) groups is 1. The number of hydrazone groups is 1. The van der Waals surface area contributed by atoms with Gasteiger partial charge in [0, 0.05) is 0 Å². The highest BCUT2D eigenvalue weighted by atomic mass is 16.6. The quantitative estimate of drug-likeness (QED) is 0.412. The van der Waals surface area contributed by atoms with E-state index in [4.69, 9.17) is 4.74 Å². The number of methoxy groups -OCH3 is 1. The first-order chi connectivity index (χ1) is 12.0. The van der Waals surface area contributed by atoms with Gasteiger partial charge in [0.2, 0.25) is 5.75 Å². The maximum absolute atomic E-state index is 11.9.